The van der Waals surface area contributed by atoms with Crippen molar-refractivity contribution in [3.63, 3.8) is 0 Å². The van der Waals surface area contributed by atoms with Crippen molar-refractivity contribution in [1.29, 1.82) is 0 Å². The van der Waals surface area contributed by atoms with Crippen molar-refractivity contribution in [1.82, 2.24) is 15.0 Å². The first-order valence-corrected chi connectivity index (χ1v) is 8.04. The molecule has 0 saturated carbocycles. The monoisotopic (exact) mass is 373 g/mol. The maximum atomic E-state index is 12.6. The highest BCUT2D eigenvalue weighted by Crippen LogP contribution is 2.33. The van der Waals surface area contributed by atoms with Crippen LogP contribution in [0.15, 0.2) is 48.9 Å². The molecule has 0 aliphatic carbocycles. The zero-order valence-electron chi connectivity index (χ0n) is 14.2. The van der Waals surface area contributed by atoms with E-state index in [2.05, 4.69) is 15.0 Å². The molecule has 0 spiro atoms. The Kier molecular flexibility index (Phi) is 4.19. The Labute approximate surface area is 151 Å². The fourth-order valence-corrected chi connectivity index (χ4v) is 2.96. The molecular weight excluding hydrogens is 359 g/mol. The number of alkyl halides is 3. The van der Waals surface area contributed by atoms with Crippen LogP contribution < -0.4 is 4.74 Å². The van der Waals surface area contributed by atoms with E-state index in [4.69, 9.17) is 9.47 Å². The number of H-pyrrole nitrogens is 1. The maximum absolute atomic E-state index is 12.6. The molecule has 3 aromatic heterocycles. The van der Waals surface area contributed by atoms with E-state index in [1.54, 1.807) is 25.6 Å². The predicted octanol–water partition coefficient (Wildman–Crippen LogP) is 5.07. The predicted molar refractivity (Wildman–Crippen MR) is 93.6 cm³/mol. The van der Waals surface area contributed by atoms with Crippen LogP contribution in [0, 0.1) is 0 Å². The number of pyridine rings is 2. The second-order valence-corrected chi connectivity index (χ2v) is 5.97. The van der Waals surface area contributed by atoms with Gasteiger partial charge in [-0.15, -0.1) is 0 Å². The third-order valence-corrected chi connectivity index (χ3v) is 4.14. The average Bonchev–Trinajstić information content (AvgIpc) is 3.00. The standard InChI is InChI=1S/C19H14F3N3O2/c1-26-10-11-7-23-9-16-18(11)14-6-13(3-4-15(14)25-16)27-17-5-2-12(8-24-17)19(20,21)22/h2-9,25H,10H2,1H3. The lowest BCUT2D eigenvalue weighted by Crippen LogP contribution is -2.05. The average molecular weight is 373 g/mol. The summed E-state index contributed by atoms with van der Waals surface area (Å²) in [6.45, 7) is 0.406. The maximum Gasteiger partial charge on any atom is 0.417 e. The molecule has 0 amide bonds. The van der Waals surface area contributed by atoms with Gasteiger partial charge in [-0.05, 0) is 24.3 Å². The summed E-state index contributed by atoms with van der Waals surface area (Å²) >= 11 is 0. The molecule has 138 valence electrons. The summed E-state index contributed by atoms with van der Waals surface area (Å²) in [5.74, 6) is 0.553. The summed E-state index contributed by atoms with van der Waals surface area (Å²) in [4.78, 5) is 11.2. The van der Waals surface area contributed by atoms with Gasteiger partial charge in [-0.1, -0.05) is 0 Å². The van der Waals surface area contributed by atoms with E-state index in [0.29, 0.717) is 12.4 Å². The summed E-state index contributed by atoms with van der Waals surface area (Å²) in [7, 11) is 1.61. The van der Waals surface area contributed by atoms with Gasteiger partial charge in [0.2, 0.25) is 5.88 Å². The van der Waals surface area contributed by atoms with Gasteiger partial charge in [-0.2, -0.15) is 13.2 Å². The molecule has 0 bridgehead atoms. The molecule has 0 aliphatic rings. The van der Waals surface area contributed by atoms with Crippen molar-refractivity contribution in [2.75, 3.05) is 7.11 Å². The molecule has 8 heteroatoms. The topological polar surface area (TPSA) is 60.0 Å². The number of fused-ring (bicyclic) bond motifs is 3. The molecule has 1 aromatic carbocycles. The lowest BCUT2D eigenvalue weighted by Gasteiger charge is -2.08. The fraction of sp³-hybridized carbons (Fsp3) is 0.158. The molecule has 0 unspecified atom stereocenters. The Hall–Kier alpha value is -3.13. The van der Waals surface area contributed by atoms with Gasteiger partial charge in [0.05, 0.1) is 23.9 Å². The van der Waals surface area contributed by atoms with Crippen LogP contribution in [0.25, 0.3) is 21.8 Å². The van der Waals surface area contributed by atoms with Gasteiger partial charge in [-0.25, -0.2) is 4.98 Å². The van der Waals surface area contributed by atoms with Crippen LogP contribution in [0.5, 0.6) is 11.6 Å². The second-order valence-electron chi connectivity index (χ2n) is 5.97. The third kappa shape index (κ3) is 3.31. The molecule has 4 rings (SSSR count). The van der Waals surface area contributed by atoms with Crippen LogP contribution in [0.1, 0.15) is 11.1 Å². The van der Waals surface area contributed by atoms with Gasteiger partial charge in [0.15, 0.2) is 0 Å². The van der Waals surface area contributed by atoms with Crippen LogP contribution in [0.3, 0.4) is 0 Å². The lowest BCUT2D eigenvalue weighted by atomic mass is 10.1. The minimum Gasteiger partial charge on any atom is -0.439 e. The SMILES string of the molecule is COCc1cncc2[nH]c3ccc(Oc4ccc(C(F)(F)F)cn4)cc3c12. The van der Waals surface area contributed by atoms with E-state index in [1.165, 1.54) is 6.07 Å². The molecule has 4 aromatic rings. The van der Waals surface area contributed by atoms with E-state index >= 15 is 0 Å². The molecule has 5 nitrogen and oxygen atoms in total. The molecule has 0 radical (unpaired) electrons. The number of nitrogens with zero attached hydrogens (tertiary/aromatic N) is 2. The van der Waals surface area contributed by atoms with E-state index < -0.39 is 11.7 Å². The number of halogens is 3. The fourth-order valence-electron chi connectivity index (χ4n) is 2.96. The highest BCUT2D eigenvalue weighted by Gasteiger charge is 2.30. The van der Waals surface area contributed by atoms with Crippen LogP contribution in [-0.4, -0.2) is 22.1 Å². The van der Waals surface area contributed by atoms with Gasteiger partial charge >= 0.3 is 6.18 Å². The highest BCUT2D eigenvalue weighted by atomic mass is 19.4. The first kappa shape index (κ1) is 17.3. The van der Waals surface area contributed by atoms with E-state index in [9.17, 15) is 13.2 Å². The number of benzene rings is 1. The summed E-state index contributed by atoms with van der Waals surface area (Å²) in [5.41, 5.74) is 1.86. The highest BCUT2D eigenvalue weighted by molar-refractivity contribution is 6.09. The van der Waals surface area contributed by atoms with E-state index in [1.807, 2.05) is 12.1 Å². The Morgan fingerprint density at radius 1 is 1.04 bits per heavy atom. The number of methoxy groups -OCH3 is 1. The number of rotatable bonds is 4. The minimum atomic E-state index is -4.43. The number of hydrogen-bond donors (Lipinski definition) is 1. The van der Waals surface area contributed by atoms with E-state index in [-0.39, 0.29) is 5.88 Å². The minimum absolute atomic E-state index is 0.0842. The Balaban J connectivity index is 1.71. The van der Waals surface area contributed by atoms with Crippen molar-refractivity contribution >= 4 is 21.8 Å². The van der Waals surface area contributed by atoms with Crippen LogP contribution in [-0.2, 0) is 17.5 Å². The number of aromatic nitrogens is 3. The summed E-state index contributed by atoms with van der Waals surface area (Å²) < 4.78 is 48.8. The first-order chi connectivity index (χ1) is 13.0. The van der Waals surface area contributed by atoms with Gasteiger partial charge in [0, 0.05) is 47.4 Å². The Morgan fingerprint density at radius 2 is 1.89 bits per heavy atom. The second kappa shape index (κ2) is 6.55. The van der Waals surface area contributed by atoms with Crippen molar-refractivity contribution < 1.29 is 22.6 Å². The van der Waals surface area contributed by atoms with Gasteiger partial charge in [0.1, 0.15) is 5.75 Å². The molecule has 3 heterocycles. The lowest BCUT2D eigenvalue weighted by molar-refractivity contribution is -0.137. The van der Waals surface area contributed by atoms with Gasteiger partial charge < -0.3 is 14.5 Å². The molecule has 0 saturated heterocycles. The number of aromatic amines is 1. The van der Waals surface area contributed by atoms with Crippen molar-refractivity contribution in [3.05, 3.63) is 60.0 Å². The van der Waals surface area contributed by atoms with Crippen molar-refractivity contribution in [2.45, 2.75) is 12.8 Å². The largest absolute Gasteiger partial charge is 0.439 e. The molecule has 0 atom stereocenters. The smallest absolute Gasteiger partial charge is 0.417 e. The normalized spacial score (nSPS) is 12.0. The summed E-state index contributed by atoms with van der Waals surface area (Å²) in [6, 6.07) is 7.51. The molecule has 27 heavy (non-hydrogen) atoms. The zero-order valence-corrected chi connectivity index (χ0v) is 14.2. The number of ether oxygens (including phenoxy) is 2. The van der Waals surface area contributed by atoms with Crippen molar-refractivity contribution in [3.8, 4) is 11.6 Å². The Bertz CT molecular complexity index is 1110. The van der Waals surface area contributed by atoms with Crippen molar-refractivity contribution in [2.24, 2.45) is 0 Å². The quantitative estimate of drug-likeness (QED) is 0.543. The van der Waals surface area contributed by atoms with Crippen LogP contribution in [0.2, 0.25) is 0 Å². The molecule has 0 aliphatic heterocycles. The number of hydrogen-bond acceptors (Lipinski definition) is 4. The Morgan fingerprint density at radius 3 is 2.59 bits per heavy atom. The van der Waals surface area contributed by atoms with Crippen LogP contribution >= 0.6 is 0 Å². The van der Waals surface area contributed by atoms with Crippen LogP contribution in [0.4, 0.5) is 13.2 Å². The molecular formula is C19H14F3N3O2. The van der Waals surface area contributed by atoms with Gasteiger partial charge in [-0.3, -0.25) is 4.98 Å². The first-order valence-electron chi connectivity index (χ1n) is 8.04. The zero-order chi connectivity index (χ0) is 19.0. The molecule has 0 fully saturated rings. The number of nitrogens with one attached hydrogen (secondary N) is 1. The summed E-state index contributed by atoms with van der Waals surface area (Å²) in [6.07, 6.45) is -0.210. The third-order valence-electron chi connectivity index (χ3n) is 4.14. The summed E-state index contributed by atoms with van der Waals surface area (Å²) in [5, 5.41) is 1.87. The van der Waals surface area contributed by atoms with E-state index in [0.717, 1.165) is 39.6 Å². The van der Waals surface area contributed by atoms with Gasteiger partial charge in [0.25, 0.3) is 0 Å². The molecule has 1 N–H and O–H groups in total.